The van der Waals surface area contributed by atoms with Gasteiger partial charge in [0.25, 0.3) is 12.9 Å². The quantitative estimate of drug-likeness (QED) is 0.0293. The van der Waals surface area contributed by atoms with E-state index in [0.717, 1.165) is 13.8 Å². The molecule has 0 aromatic heterocycles. The van der Waals surface area contributed by atoms with Crippen molar-refractivity contribution in [1.29, 1.82) is 0 Å². The fraction of sp³-hybridized carbons (Fsp3) is 0.774. The predicted octanol–water partition coefficient (Wildman–Crippen LogP) is 0.180. The van der Waals surface area contributed by atoms with Crippen molar-refractivity contribution < 1.29 is 80.5 Å². The number of rotatable bonds is 27. The lowest BCUT2D eigenvalue weighted by Gasteiger charge is -2.48. The number of unbranched alkanes of at least 4 members (excludes halogenated alkanes) is 1. The second-order valence-corrected chi connectivity index (χ2v) is 13.4. The molecule has 0 radical (unpaired) electrons. The van der Waals surface area contributed by atoms with Crippen LogP contribution in [-0.2, 0) is 75.6 Å². The van der Waals surface area contributed by atoms with Gasteiger partial charge in [-0.3, -0.25) is 57.3 Å². The monoisotopic (exact) mass is 769 g/mol. The van der Waals surface area contributed by atoms with Crippen molar-refractivity contribution in [3.63, 3.8) is 0 Å². The summed E-state index contributed by atoms with van der Waals surface area (Å²) in [4.78, 5) is 97.3. The molecule has 3 atom stereocenters. The van der Waals surface area contributed by atoms with Crippen molar-refractivity contribution in [2.75, 3.05) is 86.8 Å². The van der Waals surface area contributed by atoms with E-state index in [2.05, 4.69) is 0 Å². The Hall–Kier alpha value is -3.52. The molecule has 52 heavy (non-hydrogen) atoms. The molecule has 0 aliphatic carbocycles. The lowest BCUT2D eigenvalue weighted by atomic mass is 9.84. The third kappa shape index (κ3) is 19.9. The van der Waals surface area contributed by atoms with Crippen molar-refractivity contribution in [3.05, 3.63) is 0 Å². The van der Waals surface area contributed by atoms with Crippen LogP contribution in [0.4, 0.5) is 0 Å². The summed E-state index contributed by atoms with van der Waals surface area (Å²) in [6, 6.07) is 0. The number of nitrogens with zero attached hydrogens (tertiary/aromatic N) is 3. The SMILES string of the molecule is COC(=O)CN1CCN(COC=O)CCC(CCCCC(=O)CCCOP(=O)(O)OCC(COC(C)=O)OC(C)=O)(N(COC=O)CC(=O)OC)C1. The third-order valence-electron chi connectivity index (χ3n) is 8.00. The first-order chi connectivity index (χ1) is 24.7. The summed E-state index contributed by atoms with van der Waals surface area (Å²) in [7, 11) is -2.09. The van der Waals surface area contributed by atoms with Gasteiger partial charge in [0.2, 0.25) is 0 Å². The summed E-state index contributed by atoms with van der Waals surface area (Å²) in [5.74, 6) is -2.57. The van der Waals surface area contributed by atoms with Crippen LogP contribution in [0.3, 0.4) is 0 Å². The highest BCUT2D eigenvalue weighted by Crippen LogP contribution is 2.43. The number of carbonyl (C=O) groups excluding carboxylic acids is 7. The summed E-state index contributed by atoms with van der Waals surface area (Å²) in [6.45, 7) is 2.54. The molecule has 21 heteroatoms. The van der Waals surface area contributed by atoms with Gasteiger partial charge in [-0.2, -0.15) is 0 Å². The van der Waals surface area contributed by atoms with Gasteiger partial charge in [0, 0.05) is 58.4 Å². The average Bonchev–Trinajstić information content (AvgIpc) is 3.09. The molecule has 0 amide bonds. The Morgan fingerprint density at radius 2 is 1.54 bits per heavy atom. The lowest BCUT2D eigenvalue weighted by Crippen LogP contribution is -2.61. The van der Waals surface area contributed by atoms with Crippen LogP contribution in [0.25, 0.3) is 0 Å². The zero-order chi connectivity index (χ0) is 39.0. The summed E-state index contributed by atoms with van der Waals surface area (Å²) in [5, 5.41) is 0. The van der Waals surface area contributed by atoms with Gasteiger partial charge in [-0.1, -0.05) is 6.42 Å². The van der Waals surface area contributed by atoms with Gasteiger partial charge in [-0.25, -0.2) is 4.57 Å². The van der Waals surface area contributed by atoms with E-state index in [1.54, 1.807) is 4.90 Å². The number of ketones is 1. The summed E-state index contributed by atoms with van der Waals surface area (Å²) in [5.41, 5.74) is -0.878. The zero-order valence-corrected chi connectivity index (χ0v) is 31.1. The van der Waals surface area contributed by atoms with Crippen LogP contribution < -0.4 is 0 Å². The first-order valence-corrected chi connectivity index (χ1v) is 18.1. The number of Topliss-reactive ketones (excluding diaryl/α,β-unsaturated/α-hetero) is 1. The Bertz CT molecular complexity index is 1210. The Morgan fingerprint density at radius 3 is 2.17 bits per heavy atom. The molecule has 1 saturated heterocycles. The number of hydrogen-bond donors (Lipinski definition) is 1. The maximum atomic E-state index is 12.7. The highest BCUT2D eigenvalue weighted by atomic mass is 31.2. The highest BCUT2D eigenvalue weighted by Gasteiger charge is 2.41. The molecule has 1 heterocycles. The second-order valence-electron chi connectivity index (χ2n) is 11.9. The number of carbonyl (C=O) groups is 7. The van der Waals surface area contributed by atoms with Gasteiger partial charge in [-0.15, -0.1) is 0 Å². The maximum Gasteiger partial charge on any atom is 0.472 e. The molecule has 0 saturated carbocycles. The van der Waals surface area contributed by atoms with Gasteiger partial charge in [0.1, 0.15) is 32.4 Å². The fourth-order valence-corrected chi connectivity index (χ4v) is 6.21. The van der Waals surface area contributed by atoms with Crippen LogP contribution in [0.1, 0.15) is 58.8 Å². The van der Waals surface area contributed by atoms with Crippen LogP contribution in [-0.4, -0.2) is 161 Å². The van der Waals surface area contributed by atoms with Crippen LogP contribution in [0.5, 0.6) is 0 Å². The number of ether oxygens (including phenoxy) is 6. The summed E-state index contributed by atoms with van der Waals surface area (Å²) in [6.07, 6.45) is 0.877. The molecule has 0 aromatic rings. The van der Waals surface area contributed by atoms with E-state index in [1.165, 1.54) is 14.2 Å². The molecule has 1 aliphatic rings. The molecular formula is C31H52N3O17P. The summed E-state index contributed by atoms with van der Waals surface area (Å²) >= 11 is 0. The van der Waals surface area contributed by atoms with E-state index < -0.39 is 49.9 Å². The van der Waals surface area contributed by atoms with Gasteiger partial charge in [0.15, 0.2) is 6.10 Å². The number of phosphoric ester groups is 1. The normalized spacial score (nSPS) is 18.5. The molecule has 0 bridgehead atoms. The molecule has 1 N–H and O–H groups in total. The van der Waals surface area contributed by atoms with Crippen molar-refractivity contribution in [3.8, 4) is 0 Å². The van der Waals surface area contributed by atoms with Crippen LogP contribution in [0, 0.1) is 0 Å². The van der Waals surface area contributed by atoms with Crippen molar-refractivity contribution in [2.45, 2.75) is 70.4 Å². The van der Waals surface area contributed by atoms with Crippen molar-refractivity contribution in [2.24, 2.45) is 0 Å². The van der Waals surface area contributed by atoms with Gasteiger partial charge >= 0.3 is 31.7 Å². The minimum absolute atomic E-state index is 0.00551. The van der Waals surface area contributed by atoms with Crippen molar-refractivity contribution >= 4 is 50.4 Å². The average molecular weight is 770 g/mol. The largest absolute Gasteiger partial charge is 0.472 e. The minimum Gasteiger partial charge on any atom is -0.468 e. The molecule has 1 aliphatic heterocycles. The summed E-state index contributed by atoms with van der Waals surface area (Å²) < 4.78 is 51.6. The van der Waals surface area contributed by atoms with E-state index in [-0.39, 0.29) is 77.8 Å². The van der Waals surface area contributed by atoms with E-state index >= 15 is 0 Å². The molecule has 1 fully saturated rings. The van der Waals surface area contributed by atoms with Crippen LogP contribution in [0.2, 0.25) is 0 Å². The molecular weight excluding hydrogens is 717 g/mol. The Morgan fingerprint density at radius 1 is 0.865 bits per heavy atom. The maximum absolute atomic E-state index is 12.7. The minimum atomic E-state index is -4.59. The van der Waals surface area contributed by atoms with Crippen molar-refractivity contribution in [1.82, 2.24) is 14.7 Å². The Kier molecular flexibility index (Phi) is 22.8. The predicted molar refractivity (Wildman–Crippen MR) is 177 cm³/mol. The first-order valence-electron chi connectivity index (χ1n) is 16.6. The molecule has 20 nitrogen and oxygen atoms in total. The second kappa shape index (κ2) is 25.5. The van der Waals surface area contributed by atoms with E-state index in [9.17, 15) is 43.0 Å². The lowest BCUT2D eigenvalue weighted by molar-refractivity contribution is -0.158. The standard InChI is InChI=1S/C31H52N3O17P/c1-25(37)48-18-28(51-26(2)38)19-50-52(42,43)49-15-7-9-27(39)8-5-6-10-31(34(22-47-24-36)17-30(41)45-4)11-12-32(21-46-23-35)13-14-33(20-31)16-29(40)44-3/h23-24,28H,5-22H2,1-4H3,(H,42,43). The molecule has 1 rings (SSSR count). The van der Waals surface area contributed by atoms with Crippen LogP contribution >= 0.6 is 7.82 Å². The molecule has 0 aromatic carbocycles. The number of methoxy groups -OCH3 is 2. The Labute approximate surface area is 302 Å². The Balaban J connectivity index is 2.90. The smallest absolute Gasteiger partial charge is 0.468 e. The first kappa shape index (κ1) is 46.5. The van der Waals surface area contributed by atoms with Gasteiger partial charge in [-0.05, 0) is 25.7 Å². The van der Waals surface area contributed by atoms with Crippen LogP contribution in [0.15, 0.2) is 0 Å². The van der Waals surface area contributed by atoms with Gasteiger partial charge < -0.3 is 33.3 Å². The van der Waals surface area contributed by atoms with E-state index in [4.69, 9.17) is 37.5 Å². The molecule has 0 spiro atoms. The van der Waals surface area contributed by atoms with Gasteiger partial charge in [0.05, 0.1) is 34.0 Å². The molecule has 298 valence electrons. The number of phosphoric acid groups is 1. The zero-order valence-electron chi connectivity index (χ0n) is 30.2. The van der Waals surface area contributed by atoms with E-state index in [1.807, 2.05) is 9.80 Å². The topological polar surface area (TPSA) is 240 Å². The van der Waals surface area contributed by atoms with E-state index in [0.29, 0.717) is 51.8 Å². The third-order valence-corrected chi connectivity index (χ3v) is 8.98. The highest BCUT2D eigenvalue weighted by molar-refractivity contribution is 7.47. The number of hydrogen-bond acceptors (Lipinski definition) is 19. The molecule has 3 unspecified atom stereocenters. The fourth-order valence-electron chi connectivity index (χ4n) is 5.42. The number of esters is 4.